The zero-order valence-electron chi connectivity index (χ0n) is 8.54. The van der Waals surface area contributed by atoms with Gasteiger partial charge in [0, 0.05) is 0 Å². The van der Waals surface area contributed by atoms with Gasteiger partial charge in [0.1, 0.15) is 6.04 Å². The van der Waals surface area contributed by atoms with Crippen LogP contribution in [0.1, 0.15) is 11.6 Å². The highest BCUT2D eigenvalue weighted by Crippen LogP contribution is 2.08. The quantitative estimate of drug-likeness (QED) is 0.565. The Kier molecular flexibility index (Phi) is 6.50. The van der Waals surface area contributed by atoms with Gasteiger partial charge in [-0.3, -0.25) is 9.59 Å². The summed E-state index contributed by atoms with van der Waals surface area (Å²) >= 11 is 0. The van der Waals surface area contributed by atoms with Gasteiger partial charge in [-0.05, 0) is 5.56 Å². The third-order valence-corrected chi connectivity index (χ3v) is 1.60. The highest BCUT2D eigenvalue weighted by Gasteiger charge is 2.12. The minimum Gasteiger partial charge on any atom is -0.480 e. The Morgan fingerprint density at radius 3 is 1.94 bits per heavy atom. The van der Waals surface area contributed by atoms with Gasteiger partial charge in [-0.1, -0.05) is 30.3 Å². The van der Waals surface area contributed by atoms with Crippen molar-refractivity contribution in [2.45, 2.75) is 6.04 Å². The molecule has 0 amide bonds. The number of hydrogen-bond donors (Lipinski definition) is 4. The van der Waals surface area contributed by atoms with Crippen LogP contribution >= 0.6 is 0 Å². The largest absolute Gasteiger partial charge is 0.480 e. The number of nitrogens with two attached hydrogens (primary N) is 2. The molecule has 0 fully saturated rings. The maximum Gasteiger partial charge on any atom is 0.325 e. The van der Waals surface area contributed by atoms with Crippen molar-refractivity contribution < 1.29 is 19.8 Å². The monoisotopic (exact) mass is 226 g/mol. The van der Waals surface area contributed by atoms with Gasteiger partial charge in [-0.2, -0.15) is 0 Å². The molecule has 1 aromatic rings. The molecule has 1 unspecified atom stereocenters. The molecule has 6 N–H and O–H groups in total. The van der Waals surface area contributed by atoms with Gasteiger partial charge in [-0.15, -0.1) is 0 Å². The van der Waals surface area contributed by atoms with E-state index in [0.717, 1.165) is 0 Å². The fourth-order valence-electron chi connectivity index (χ4n) is 0.803. The number of benzene rings is 1. The summed E-state index contributed by atoms with van der Waals surface area (Å²) in [5.74, 6) is -1.97. The van der Waals surface area contributed by atoms with Crippen molar-refractivity contribution in [3.8, 4) is 0 Å². The van der Waals surface area contributed by atoms with Crippen LogP contribution in [0, 0.1) is 0 Å². The van der Waals surface area contributed by atoms with Gasteiger partial charge in [0.2, 0.25) is 0 Å². The smallest absolute Gasteiger partial charge is 0.325 e. The lowest BCUT2D eigenvalue weighted by molar-refractivity contribution is -0.138. The van der Waals surface area contributed by atoms with E-state index in [-0.39, 0.29) is 6.54 Å². The lowest BCUT2D eigenvalue weighted by Gasteiger charge is -2.04. The molecule has 0 aliphatic heterocycles. The number of carboxylic acid groups (broad SMARTS) is 2. The number of aliphatic carboxylic acids is 2. The minimum atomic E-state index is -1.00. The fraction of sp³-hybridized carbons (Fsp3) is 0.200. The standard InChI is InChI=1S/C8H9NO2.C2H5NO2/c9-7(8(10)11)6-4-2-1-3-5-6;3-1-2(4)5/h1-5,7H,9H2,(H,10,11);1,3H2,(H,4,5). The molecule has 6 heteroatoms. The molecule has 6 nitrogen and oxygen atoms in total. The second-order valence-electron chi connectivity index (χ2n) is 2.82. The van der Waals surface area contributed by atoms with Crippen LogP contribution in [-0.4, -0.2) is 28.7 Å². The van der Waals surface area contributed by atoms with Crippen molar-refractivity contribution in [1.29, 1.82) is 0 Å². The summed E-state index contributed by atoms with van der Waals surface area (Å²) in [4.78, 5) is 19.6. The molecule has 16 heavy (non-hydrogen) atoms. The summed E-state index contributed by atoms with van der Waals surface area (Å²) in [5, 5.41) is 16.1. The summed E-state index contributed by atoms with van der Waals surface area (Å²) in [6.07, 6.45) is 0. The summed E-state index contributed by atoms with van der Waals surface area (Å²) in [6, 6.07) is 7.82. The first kappa shape index (κ1) is 14.1. The van der Waals surface area contributed by atoms with E-state index < -0.39 is 18.0 Å². The van der Waals surface area contributed by atoms with Crippen molar-refractivity contribution in [2.75, 3.05) is 6.54 Å². The molecule has 0 radical (unpaired) electrons. The summed E-state index contributed by atoms with van der Waals surface area (Å²) in [7, 11) is 0. The molecule has 1 atom stereocenters. The maximum absolute atomic E-state index is 10.4. The first-order valence-electron chi connectivity index (χ1n) is 4.44. The molecular formula is C10H14N2O4. The van der Waals surface area contributed by atoms with Crippen molar-refractivity contribution in [3.05, 3.63) is 35.9 Å². The zero-order chi connectivity index (χ0) is 12.6. The zero-order valence-corrected chi connectivity index (χ0v) is 8.54. The highest BCUT2D eigenvalue weighted by molar-refractivity contribution is 5.75. The van der Waals surface area contributed by atoms with E-state index in [2.05, 4.69) is 5.73 Å². The number of carboxylic acids is 2. The summed E-state index contributed by atoms with van der Waals surface area (Å²) in [6.45, 7) is -0.278. The Balaban J connectivity index is 0.000000385. The van der Waals surface area contributed by atoms with Gasteiger partial charge in [0.15, 0.2) is 0 Å². The molecule has 0 heterocycles. The van der Waals surface area contributed by atoms with E-state index >= 15 is 0 Å². The first-order valence-corrected chi connectivity index (χ1v) is 4.44. The molecule has 0 aliphatic carbocycles. The van der Waals surface area contributed by atoms with Crippen LogP contribution < -0.4 is 11.5 Å². The molecular weight excluding hydrogens is 212 g/mol. The van der Waals surface area contributed by atoms with Crippen molar-refractivity contribution in [2.24, 2.45) is 11.5 Å². The predicted molar refractivity (Wildman–Crippen MR) is 57.7 cm³/mol. The molecule has 0 saturated heterocycles. The minimum absolute atomic E-state index is 0.278. The molecule has 0 bridgehead atoms. The Labute approximate surface area is 92.5 Å². The van der Waals surface area contributed by atoms with Crippen molar-refractivity contribution in [1.82, 2.24) is 0 Å². The molecule has 0 aromatic heterocycles. The van der Waals surface area contributed by atoms with E-state index in [1.165, 1.54) is 0 Å². The topological polar surface area (TPSA) is 127 Å². The molecule has 1 aromatic carbocycles. The number of hydrogen-bond acceptors (Lipinski definition) is 4. The van der Waals surface area contributed by atoms with Crippen LogP contribution in [0.4, 0.5) is 0 Å². The van der Waals surface area contributed by atoms with Crippen LogP contribution in [0.15, 0.2) is 30.3 Å². The van der Waals surface area contributed by atoms with E-state index in [1.54, 1.807) is 24.3 Å². The van der Waals surface area contributed by atoms with Crippen molar-refractivity contribution in [3.63, 3.8) is 0 Å². The van der Waals surface area contributed by atoms with E-state index in [4.69, 9.17) is 15.9 Å². The Morgan fingerprint density at radius 2 is 1.62 bits per heavy atom. The highest BCUT2D eigenvalue weighted by atomic mass is 16.4. The van der Waals surface area contributed by atoms with Gasteiger partial charge in [0.05, 0.1) is 6.54 Å². The van der Waals surface area contributed by atoms with E-state index in [9.17, 15) is 9.59 Å². The third kappa shape index (κ3) is 5.74. The molecule has 0 aliphatic rings. The maximum atomic E-state index is 10.4. The Morgan fingerprint density at radius 1 is 1.19 bits per heavy atom. The van der Waals surface area contributed by atoms with E-state index in [1.807, 2.05) is 6.07 Å². The lowest BCUT2D eigenvalue weighted by Crippen LogP contribution is -2.20. The second kappa shape index (κ2) is 7.38. The lowest BCUT2D eigenvalue weighted by atomic mass is 10.1. The van der Waals surface area contributed by atoms with Gasteiger partial charge in [-0.25, -0.2) is 0 Å². The molecule has 0 spiro atoms. The van der Waals surface area contributed by atoms with Gasteiger partial charge >= 0.3 is 11.9 Å². The summed E-state index contributed by atoms with van der Waals surface area (Å²) < 4.78 is 0. The summed E-state index contributed by atoms with van der Waals surface area (Å²) in [5.41, 5.74) is 10.5. The molecule has 0 saturated carbocycles. The van der Waals surface area contributed by atoms with Crippen LogP contribution in [-0.2, 0) is 9.59 Å². The van der Waals surface area contributed by atoms with Crippen LogP contribution in [0.2, 0.25) is 0 Å². The van der Waals surface area contributed by atoms with Gasteiger partial charge < -0.3 is 21.7 Å². The van der Waals surface area contributed by atoms with Crippen LogP contribution in [0.5, 0.6) is 0 Å². The predicted octanol–water partition coefficient (Wildman–Crippen LogP) is -0.199. The number of carbonyl (C=O) groups is 2. The number of rotatable bonds is 3. The third-order valence-electron chi connectivity index (χ3n) is 1.60. The normalized spacial score (nSPS) is 10.9. The van der Waals surface area contributed by atoms with E-state index in [0.29, 0.717) is 5.56 Å². The second-order valence-corrected chi connectivity index (χ2v) is 2.82. The Hall–Kier alpha value is -1.92. The Bertz CT molecular complexity index is 340. The van der Waals surface area contributed by atoms with Crippen LogP contribution in [0.3, 0.4) is 0 Å². The average Bonchev–Trinajstić information content (AvgIpc) is 2.29. The first-order chi connectivity index (χ1) is 7.49. The molecule has 88 valence electrons. The average molecular weight is 226 g/mol. The van der Waals surface area contributed by atoms with Gasteiger partial charge in [0.25, 0.3) is 0 Å². The SMILES string of the molecule is NC(C(=O)O)c1ccccc1.NCC(=O)O. The fourth-order valence-corrected chi connectivity index (χ4v) is 0.803. The van der Waals surface area contributed by atoms with Crippen molar-refractivity contribution >= 4 is 11.9 Å². The molecule has 1 rings (SSSR count). The van der Waals surface area contributed by atoms with Crippen LogP contribution in [0.25, 0.3) is 0 Å².